The highest BCUT2D eigenvalue weighted by Crippen LogP contribution is 2.69. The summed E-state index contributed by atoms with van der Waals surface area (Å²) in [6, 6.07) is 11.1. The van der Waals surface area contributed by atoms with E-state index in [0.29, 0.717) is 0 Å². The van der Waals surface area contributed by atoms with Crippen molar-refractivity contribution in [3.8, 4) is 0 Å². The third kappa shape index (κ3) is 1.67. The second kappa shape index (κ2) is 3.63. The Bertz CT molecular complexity index is 252. The summed E-state index contributed by atoms with van der Waals surface area (Å²) in [4.78, 5) is -0.702. The molecule has 0 saturated carbocycles. The van der Waals surface area contributed by atoms with Crippen molar-refractivity contribution in [2.24, 2.45) is 0 Å². The lowest BCUT2D eigenvalue weighted by molar-refractivity contribution is 0.949. The van der Waals surface area contributed by atoms with Gasteiger partial charge in [0.15, 0.2) is 22.0 Å². The molecule has 0 nitrogen and oxygen atoms in total. The number of benzene rings is 1. The van der Waals surface area contributed by atoms with Crippen LogP contribution in [0.25, 0.3) is 0 Å². The summed E-state index contributed by atoms with van der Waals surface area (Å²) in [5.74, 6) is 0. The minimum atomic E-state index is -0.702. The number of halogens is 1. The summed E-state index contributed by atoms with van der Waals surface area (Å²) in [6.45, 7) is 0. The fourth-order valence-corrected chi connectivity index (χ4v) is 7.70. The highest BCUT2D eigenvalue weighted by molar-refractivity contribution is 14.2. The van der Waals surface area contributed by atoms with Gasteiger partial charge in [-0.3, -0.25) is 0 Å². The van der Waals surface area contributed by atoms with Crippen molar-refractivity contribution >= 4 is 32.3 Å². The van der Waals surface area contributed by atoms with E-state index in [4.69, 9.17) is 0 Å². The van der Waals surface area contributed by atoms with Gasteiger partial charge < -0.3 is 0 Å². The molecular formula is C10H13IP+. The Labute approximate surface area is 87.6 Å². The molecule has 0 unspecified atom stereocenters. The smallest absolute Gasteiger partial charge is 0.0620 e. The SMILES string of the molecule is I[P+]1(c2ccccc2)CCCC1. The van der Waals surface area contributed by atoms with E-state index in [9.17, 15) is 0 Å². The van der Waals surface area contributed by atoms with Crippen LogP contribution in [0.1, 0.15) is 12.8 Å². The van der Waals surface area contributed by atoms with Crippen molar-refractivity contribution in [2.75, 3.05) is 12.3 Å². The average molecular weight is 291 g/mol. The van der Waals surface area contributed by atoms with Crippen LogP contribution in [-0.4, -0.2) is 12.3 Å². The van der Waals surface area contributed by atoms with E-state index in [1.807, 2.05) is 0 Å². The van der Waals surface area contributed by atoms with Crippen molar-refractivity contribution < 1.29 is 0 Å². The Balaban J connectivity index is 2.29. The Morgan fingerprint density at radius 3 is 2.17 bits per heavy atom. The van der Waals surface area contributed by atoms with E-state index in [0.717, 1.165) is 0 Å². The molecule has 0 N–H and O–H groups in total. The van der Waals surface area contributed by atoms with Crippen LogP contribution in [0.15, 0.2) is 30.3 Å². The molecular weight excluding hydrogens is 278 g/mol. The number of hydrogen-bond acceptors (Lipinski definition) is 0. The van der Waals surface area contributed by atoms with Crippen LogP contribution in [0.4, 0.5) is 0 Å². The largest absolute Gasteiger partial charge is 0.160 e. The van der Waals surface area contributed by atoms with Crippen LogP contribution >= 0.6 is 26.9 Å². The molecule has 2 heteroatoms. The third-order valence-electron chi connectivity index (χ3n) is 2.49. The molecule has 0 spiro atoms. The molecule has 12 heavy (non-hydrogen) atoms. The molecule has 0 radical (unpaired) electrons. The minimum Gasteiger partial charge on any atom is -0.0620 e. The van der Waals surface area contributed by atoms with Crippen molar-refractivity contribution in [3.05, 3.63) is 30.3 Å². The van der Waals surface area contributed by atoms with Gasteiger partial charge in [0, 0.05) is 0 Å². The summed E-state index contributed by atoms with van der Waals surface area (Å²) in [6.07, 6.45) is 5.84. The van der Waals surface area contributed by atoms with Gasteiger partial charge in [0.05, 0.1) is 12.3 Å². The van der Waals surface area contributed by atoms with Crippen molar-refractivity contribution in [1.82, 2.24) is 0 Å². The summed E-state index contributed by atoms with van der Waals surface area (Å²) >= 11 is 2.74. The van der Waals surface area contributed by atoms with Crippen molar-refractivity contribution in [2.45, 2.75) is 12.8 Å². The molecule has 2 rings (SSSR count). The fourth-order valence-electron chi connectivity index (χ4n) is 1.79. The molecule has 1 fully saturated rings. The molecule has 1 aliphatic heterocycles. The summed E-state index contributed by atoms with van der Waals surface area (Å²) < 4.78 is 0. The van der Waals surface area contributed by atoms with Crippen LogP contribution in [0, 0.1) is 0 Å². The predicted octanol–water partition coefficient (Wildman–Crippen LogP) is 3.47. The van der Waals surface area contributed by atoms with Crippen molar-refractivity contribution in [1.29, 1.82) is 0 Å². The van der Waals surface area contributed by atoms with Crippen LogP contribution < -0.4 is 5.30 Å². The average Bonchev–Trinajstić information content (AvgIpc) is 2.55. The van der Waals surface area contributed by atoms with Crippen LogP contribution in [-0.2, 0) is 0 Å². The third-order valence-corrected chi connectivity index (χ3v) is 10.3. The molecule has 0 aliphatic carbocycles. The molecule has 0 bridgehead atoms. The van der Waals surface area contributed by atoms with E-state index >= 15 is 0 Å². The first-order chi connectivity index (χ1) is 5.81. The fraction of sp³-hybridized carbons (Fsp3) is 0.400. The highest BCUT2D eigenvalue weighted by Gasteiger charge is 2.40. The zero-order valence-corrected chi connectivity index (χ0v) is 10.1. The van der Waals surface area contributed by atoms with Gasteiger partial charge in [0.25, 0.3) is 0 Å². The molecule has 1 aliphatic rings. The first kappa shape index (κ1) is 8.96. The van der Waals surface area contributed by atoms with Crippen LogP contribution in [0.5, 0.6) is 0 Å². The Morgan fingerprint density at radius 2 is 1.58 bits per heavy atom. The van der Waals surface area contributed by atoms with Crippen LogP contribution in [0.3, 0.4) is 0 Å². The zero-order chi connectivity index (χ0) is 8.44. The quantitative estimate of drug-likeness (QED) is 0.549. The van der Waals surface area contributed by atoms with Gasteiger partial charge in [0.1, 0.15) is 10.2 Å². The normalized spacial score (nSPS) is 21.1. The second-order valence-electron chi connectivity index (χ2n) is 3.35. The summed E-state index contributed by atoms with van der Waals surface area (Å²) in [7, 11) is 0. The Hall–Kier alpha value is 0.380. The van der Waals surface area contributed by atoms with Gasteiger partial charge in [-0.05, 0) is 25.0 Å². The molecule has 1 heterocycles. The van der Waals surface area contributed by atoms with Gasteiger partial charge in [0.2, 0.25) is 0 Å². The molecule has 0 amide bonds. The number of hydrogen-bond donors (Lipinski definition) is 0. The first-order valence-corrected chi connectivity index (χ1v) is 9.38. The zero-order valence-electron chi connectivity index (χ0n) is 7.04. The van der Waals surface area contributed by atoms with E-state index in [2.05, 4.69) is 52.4 Å². The van der Waals surface area contributed by atoms with Gasteiger partial charge in [-0.15, -0.1) is 0 Å². The Kier molecular flexibility index (Phi) is 2.71. The highest BCUT2D eigenvalue weighted by atomic mass is 127. The molecule has 64 valence electrons. The number of rotatable bonds is 1. The van der Waals surface area contributed by atoms with Gasteiger partial charge in [-0.2, -0.15) is 0 Å². The monoisotopic (exact) mass is 291 g/mol. The van der Waals surface area contributed by atoms with E-state index in [-0.39, 0.29) is 0 Å². The molecule has 0 atom stereocenters. The molecule has 1 aromatic carbocycles. The maximum Gasteiger partial charge on any atom is 0.160 e. The minimum absolute atomic E-state index is 0.702. The summed E-state index contributed by atoms with van der Waals surface area (Å²) in [5.41, 5.74) is 0. The lowest BCUT2D eigenvalue weighted by Gasteiger charge is -2.12. The lowest BCUT2D eigenvalue weighted by Crippen LogP contribution is -2.06. The second-order valence-corrected chi connectivity index (χ2v) is 12.0. The maximum absolute atomic E-state index is 2.74. The van der Waals surface area contributed by atoms with Gasteiger partial charge >= 0.3 is 0 Å². The van der Waals surface area contributed by atoms with Gasteiger partial charge in [-0.1, -0.05) is 18.2 Å². The summed E-state index contributed by atoms with van der Waals surface area (Å²) in [5, 5.41) is 1.63. The molecule has 1 saturated heterocycles. The van der Waals surface area contributed by atoms with E-state index in [1.165, 1.54) is 25.2 Å². The van der Waals surface area contributed by atoms with Crippen LogP contribution in [0.2, 0.25) is 0 Å². The maximum atomic E-state index is 2.74. The standard InChI is InChI=1S/C10H13IP/c11-12(8-4-5-9-12)10-6-2-1-3-7-10/h1-3,6-7H,4-5,8-9H2/q+1. The van der Waals surface area contributed by atoms with E-state index in [1.54, 1.807) is 5.30 Å². The molecule has 1 aromatic rings. The van der Waals surface area contributed by atoms with E-state index < -0.39 is 4.90 Å². The Morgan fingerprint density at radius 1 is 1.00 bits per heavy atom. The van der Waals surface area contributed by atoms with Gasteiger partial charge in [-0.25, -0.2) is 0 Å². The van der Waals surface area contributed by atoms with Crippen molar-refractivity contribution in [3.63, 3.8) is 0 Å². The predicted molar refractivity (Wildman–Crippen MR) is 66.0 cm³/mol. The lowest BCUT2D eigenvalue weighted by atomic mass is 10.4. The topological polar surface area (TPSA) is 0 Å². The first-order valence-electron chi connectivity index (χ1n) is 4.44. The molecule has 0 aromatic heterocycles.